The lowest BCUT2D eigenvalue weighted by Crippen LogP contribution is -2.55. The van der Waals surface area contributed by atoms with E-state index < -0.39 is 11.5 Å². The lowest BCUT2D eigenvalue weighted by Gasteiger charge is -2.35. The molecule has 0 atom stereocenters. The third-order valence-electron chi connectivity index (χ3n) is 4.06. The smallest absolute Gasteiger partial charge is 0.339 e. The number of hydrogen-bond donors (Lipinski definition) is 2. The van der Waals surface area contributed by atoms with Crippen LogP contribution in [0.3, 0.4) is 0 Å². The highest BCUT2D eigenvalue weighted by Crippen LogP contribution is 2.29. The van der Waals surface area contributed by atoms with Gasteiger partial charge in [-0.05, 0) is 25.0 Å². The van der Waals surface area contributed by atoms with Crippen molar-refractivity contribution in [2.75, 3.05) is 12.4 Å². The summed E-state index contributed by atoms with van der Waals surface area (Å²) in [4.78, 5) is 35.3. The van der Waals surface area contributed by atoms with E-state index in [0.29, 0.717) is 24.9 Å². The first-order valence-corrected chi connectivity index (χ1v) is 7.33. The molecule has 0 aromatic heterocycles. The van der Waals surface area contributed by atoms with Crippen molar-refractivity contribution >= 4 is 24.0 Å². The fraction of sp³-hybridized carbons (Fsp3) is 0.438. The number of rotatable bonds is 5. The molecule has 118 valence electrons. The van der Waals surface area contributed by atoms with Crippen LogP contribution >= 0.6 is 0 Å². The molecule has 1 aromatic carbocycles. The van der Waals surface area contributed by atoms with Crippen LogP contribution in [-0.2, 0) is 14.3 Å². The summed E-state index contributed by atoms with van der Waals surface area (Å²) >= 11 is 0. The molecule has 1 saturated carbocycles. The lowest BCUT2D eigenvalue weighted by molar-refractivity contribution is -0.127. The SMILES string of the molecule is COC(=O)c1ccccc1NC(=O)C1(NC=O)CCCCC1. The third-order valence-corrected chi connectivity index (χ3v) is 4.06. The lowest BCUT2D eigenvalue weighted by atomic mass is 9.81. The summed E-state index contributed by atoms with van der Waals surface area (Å²) in [5, 5.41) is 5.43. The zero-order chi connectivity index (χ0) is 16.0. The van der Waals surface area contributed by atoms with Crippen molar-refractivity contribution in [2.45, 2.75) is 37.6 Å². The fourth-order valence-corrected chi connectivity index (χ4v) is 2.83. The second-order valence-corrected chi connectivity index (χ2v) is 5.40. The van der Waals surface area contributed by atoms with E-state index >= 15 is 0 Å². The molecule has 1 aromatic rings. The molecule has 2 N–H and O–H groups in total. The zero-order valence-electron chi connectivity index (χ0n) is 12.6. The van der Waals surface area contributed by atoms with Crippen LogP contribution in [0.15, 0.2) is 24.3 Å². The largest absolute Gasteiger partial charge is 0.465 e. The molecular formula is C16H20N2O4. The van der Waals surface area contributed by atoms with Gasteiger partial charge >= 0.3 is 5.97 Å². The van der Waals surface area contributed by atoms with Crippen LogP contribution < -0.4 is 10.6 Å². The molecule has 0 unspecified atom stereocenters. The Morgan fingerprint density at radius 2 is 1.86 bits per heavy atom. The van der Waals surface area contributed by atoms with Crippen molar-refractivity contribution < 1.29 is 19.1 Å². The van der Waals surface area contributed by atoms with Crippen molar-refractivity contribution in [1.29, 1.82) is 0 Å². The van der Waals surface area contributed by atoms with Crippen LogP contribution in [0.4, 0.5) is 5.69 Å². The minimum Gasteiger partial charge on any atom is -0.465 e. The molecule has 0 radical (unpaired) electrons. The van der Waals surface area contributed by atoms with Crippen molar-refractivity contribution in [2.24, 2.45) is 0 Å². The number of hydrogen-bond acceptors (Lipinski definition) is 4. The van der Waals surface area contributed by atoms with E-state index in [-0.39, 0.29) is 11.5 Å². The Bertz CT molecular complexity index is 565. The average Bonchev–Trinajstić information content (AvgIpc) is 2.55. The molecule has 6 nitrogen and oxygen atoms in total. The Hall–Kier alpha value is -2.37. The van der Waals surface area contributed by atoms with Gasteiger partial charge in [0.05, 0.1) is 18.4 Å². The number of nitrogens with one attached hydrogen (secondary N) is 2. The van der Waals surface area contributed by atoms with Crippen LogP contribution in [0.1, 0.15) is 42.5 Å². The number of carbonyl (C=O) groups is 3. The predicted octanol–water partition coefficient (Wildman–Crippen LogP) is 1.86. The van der Waals surface area contributed by atoms with Crippen LogP contribution in [0.5, 0.6) is 0 Å². The summed E-state index contributed by atoms with van der Waals surface area (Å²) in [7, 11) is 1.29. The number of anilines is 1. The molecule has 0 saturated heterocycles. The van der Waals surface area contributed by atoms with Crippen molar-refractivity contribution in [3.05, 3.63) is 29.8 Å². The predicted molar refractivity (Wildman–Crippen MR) is 81.4 cm³/mol. The number of para-hydroxylation sites is 1. The molecule has 1 aliphatic rings. The van der Waals surface area contributed by atoms with Gasteiger partial charge in [-0.1, -0.05) is 31.4 Å². The summed E-state index contributed by atoms with van der Waals surface area (Å²) in [5.41, 5.74) is -0.226. The number of amides is 2. The van der Waals surface area contributed by atoms with Gasteiger partial charge in [0.1, 0.15) is 5.54 Å². The highest BCUT2D eigenvalue weighted by molar-refractivity contribution is 6.04. The summed E-state index contributed by atoms with van der Waals surface area (Å²) in [6.45, 7) is 0. The molecule has 0 heterocycles. The van der Waals surface area contributed by atoms with E-state index in [0.717, 1.165) is 19.3 Å². The molecule has 22 heavy (non-hydrogen) atoms. The van der Waals surface area contributed by atoms with Gasteiger partial charge in [0.2, 0.25) is 12.3 Å². The Labute approximate surface area is 129 Å². The van der Waals surface area contributed by atoms with Crippen molar-refractivity contribution in [3.63, 3.8) is 0 Å². The number of benzene rings is 1. The summed E-state index contributed by atoms with van der Waals surface area (Å²) < 4.78 is 4.71. The van der Waals surface area contributed by atoms with Crippen molar-refractivity contribution in [3.8, 4) is 0 Å². The summed E-state index contributed by atoms with van der Waals surface area (Å²) in [6, 6.07) is 6.65. The minimum absolute atomic E-state index is 0.287. The van der Waals surface area contributed by atoms with Crippen molar-refractivity contribution in [1.82, 2.24) is 5.32 Å². The van der Waals surface area contributed by atoms with Gasteiger partial charge in [-0.25, -0.2) is 4.79 Å². The van der Waals surface area contributed by atoms with Gasteiger partial charge in [0, 0.05) is 0 Å². The molecule has 2 amide bonds. The first-order valence-electron chi connectivity index (χ1n) is 7.33. The maximum Gasteiger partial charge on any atom is 0.339 e. The monoisotopic (exact) mass is 304 g/mol. The topological polar surface area (TPSA) is 84.5 Å². The number of esters is 1. The van der Waals surface area contributed by atoms with E-state index in [4.69, 9.17) is 4.74 Å². The molecule has 6 heteroatoms. The normalized spacial score (nSPS) is 16.4. The third kappa shape index (κ3) is 3.27. The van der Waals surface area contributed by atoms with E-state index in [1.807, 2.05) is 0 Å². The van der Waals surface area contributed by atoms with E-state index in [2.05, 4.69) is 10.6 Å². The highest BCUT2D eigenvalue weighted by atomic mass is 16.5. The van der Waals surface area contributed by atoms with E-state index in [1.165, 1.54) is 7.11 Å². The highest BCUT2D eigenvalue weighted by Gasteiger charge is 2.39. The van der Waals surface area contributed by atoms with Gasteiger partial charge in [-0.3, -0.25) is 9.59 Å². The maximum absolute atomic E-state index is 12.7. The molecule has 1 fully saturated rings. The molecular weight excluding hydrogens is 284 g/mol. The first kappa shape index (κ1) is 16.0. The Kier molecular flexibility index (Phi) is 5.14. The second kappa shape index (κ2) is 7.06. The van der Waals surface area contributed by atoms with Crippen LogP contribution in [-0.4, -0.2) is 30.9 Å². The van der Waals surface area contributed by atoms with Gasteiger partial charge < -0.3 is 15.4 Å². The van der Waals surface area contributed by atoms with Gasteiger partial charge in [0.15, 0.2) is 0 Å². The van der Waals surface area contributed by atoms with Crippen LogP contribution in [0, 0.1) is 0 Å². The zero-order valence-corrected chi connectivity index (χ0v) is 12.6. The molecule has 2 rings (SSSR count). The van der Waals surface area contributed by atoms with E-state index in [1.54, 1.807) is 24.3 Å². The Morgan fingerprint density at radius 3 is 2.50 bits per heavy atom. The first-order chi connectivity index (χ1) is 10.6. The molecule has 0 aliphatic heterocycles. The van der Waals surface area contributed by atoms with Crippen LogP contribution in [0.2, 0.25) is 0 Å². The second-order valence-electron chi connectivity index (χ2n) is 5.40. The van der Waals surface area contributed by atoms with Gasteiger partial charge in [-0.15, -0.1) is 0 Å². The van der Waals surface area contributed by atoms with Gasteiger partial charge in [0.25, 0.3) is 0 Å². The Balaban J connectivity index is 2.23. The Morgan fingerprint density at radius 1 is 1.18 bits per heavy atom. The van der Waals surface area contributed by atoms with Gasteiger partial charge in [-0.2, -0.15) is 0 Å². The minimum atomic E-state index is -0.900. The number of methoxy groups -OCH3 is 1. The fourth-order valence-electron chi connectivity index (χ4n) is 2.83. The number of carbonyl (C=O) groups excluding carboxylic acids is 3. The summed E-state index contributed by atoms with van der Waals surface area (Å²) in [6.07, 6.45) is 4.57. The number of ether oxygens (including phenoxy) is 1. The molecule has 0 bridgehead atoms. The summed E-state index contributed by atoms with van der Waals surface area (Å²) in [5.74, 6) is -0.812. The van der Waals surface area contributed by atoms with E-state index in [9.17, 15) is 14.4 Å². The van der Waals surface area contributed by atoms with Crippen LogP contribution in [0.25, 0.3) is 0 Å². The standard InChI is InChI=1S/C16H20N2O4/c1-22-14(20)12-7-3-4-8-13(12)18-15(21)16(17-11-19)9-5-2-6-10-16/h3-4,7-8,11H,2,5-6,9-10H2,1H3,(H,17,19)(H,18,21). The average molecular weight is 304 g/mol. The molecule has 0 spiro atoms. The quantitative estimate of drug-likeness (QED) is 0.642. The molecule has 1 aliphatic carbocycles. The maximum atomic E-state index is 12.7.